The van der Waals surface area contributed by atoms with Crippen LogP contribution in [0.1, 0.15) is 57.8 Å². The zero-order valence-corrected chi connectivity index (χ0v) is 13.7. The Morgan fingerprint density at radius 1 is 1.33 bits per heavy atom. The average molecular weight is 292 g/mol. The molecule has 118 valence electrons. The van der Waals surface area contributed by atoms with Crippen LogP contribution in [0.5, 0.6) is 0 Å². The Kier molecular flexibility index (Phi) is 4.71. The van der Waals surface area contributed by atoms with E-state index in [4.69, 9.17) is 15.8 Å². The summed E-state index contributed by atoms with van der Waals surface area (Å²) in [7, 11) is 0. The second-order valence-corrected chi connectivity index (χ2v) is 6.99. The Hall–Kier alpha value is -1.36. The van der Waals surface area contributed by atoms with E-state index in [9.17, 15) is 0 Å². The van der Waals surface area contributed by atoms with E-state index < -0.39 is 0 Å². The summed E-state index contributed by atoms with van der Waals surface area (Å²) in [6.07, 6.45) is 4.18. The van der Waals surface area contributed by atoms with E-state index in [2.05, 4.69) is 30.7 Å². The van der Waals surface area contributed by atoms with Crippen LogP contribution in [0.2, 0.25) is 0 Å². The van der Waals surface area contributed by atoms with E-state index in [1.165, 1.54) is 6.42 Å². The zero-order valence-electron chi connectivity index (χ0n) is 13.7. The molecule has 2 heterocycles. The highest BCUT2D eigenvalue weighted by atomic mass is 16.2. The molecule has 21 heavy (non-hydrogen) atoms. The molecule has 0 saturated carbocycles. The number of nitrogens with zero attached hydrogens (tertiary/aromatic N) is 3. The van der Waals surface area contributed by atoms with E-state index in [-0.39, 0.29) is 12.0 Å². The molecular weight excluding hydrogens is 264 g/mol. The summed E-state index contributed by atoms with van der Waals surface area (Å²) in [6, 6.07) is 0.456. The summed E-state index contributed by atoms with van der Waals surface area (Å²) < 4.78 is 0. The number of nitrogen functional groups attached to an aromatic ring is 1. The first-order valence-corrected chi connectivity index (χ1v) is 7.86. The van der Waals surface area contributed by atoms with Gasteiger partial charge in [-0.2, -0.15) is 0 Å². The molecule has 0 spiro atoms. The fraction of sp³-hybridized carbons (Fsp3) is 0.750. The molecule has 1 aromatic heterocycles. The van der Waals surface area contributed by atoms with Gasteiger partial charge in [0.05, 0.1) is 0 Å². The van der Waals surface area contributed by atoms with Crippen molar-refractivity contribution in [1.29, 1.82) is 0 Å². The Balaban J connectivity index is 2.35. The minimum atomic E-state index is -0.114. The average Bonchev–Trinajstić information content (AvgIpc) is 2.86. The van der Waals surface area contributed by atoms with Crippen molar-refractivity contribution in [3.63, 3.8) is 0 Å². The molecular formula is C16H28N4O. The van der Waals surface area contributed by atoms with Crippen LogP contribution in [0.4, 0.5) is 11.6 Å². The number of rotatable bonds is 4. The van der Waals surface area contributed by atoms with Gasteiger partial charge in [0.25, 0.3) is 0 Å². The highest BCUT2D eigenvalue weighted by molar-refractivity contribution is 5.58. The zero-order chi connectivity index (χ0) is 15.6. The fourth-order valence-corrected chi connectivity index (χ4v) is 2.88. The summed E-state index contributed by atoms with van der Waals surface area (Å²) in [5.41, 5.74) is 6.97. The van der Waals surface area contributed by atoms with Crippen LogP contribution in [0, 0.1) is 6.92 Å². The summed E-state index contributed by atoms with van der Waals surface area (Å²) >= 11 is 0. The Bertz CT molecular complexity index is 496. The van der Waals surface area contributed by atoms with Crippen LogP contribution in [0.25, 0.3) is 0 Å². The van der Waals surface area contributed by atoms with Crippen LogP contribution < -0.4 is 10.6 Å². The molecule has 1 aliphatic rings. The lowest BCUT2D eigenvalue weighted by Gasteiger charge is -2.29. The Morgan fingerprint density at radius 2 is 2.05 bits per heavy atom. The van der Waals surface area contributed by atoms with Gasteiger partial charge in [-0.25, -0.2) is 9.97 Å². The van der Waals surface area contributed by atoms with Crippen molar-refractivity contribution in [1.82, 2.24) is 9.97 Å². The minimum absolute atomic E-state index is 0.114. The van der Waals surface area contributed by atoms with E-state index in [1.807, 2.05) is 6.92 Å². The maximum Gasteiger partial charge on any atom is 0.138 e. The quantitative estimate of drug-likeness (QED) is 0.891. The molecule has 5 nitrogen and oxygen atoms in total. The molecule has 0 aliphatic carbocycles. The molecule has 5 heteroatoms. The second-order valence-electron chi connectivity index (χ2n) is 6.99. The third-order valence-electron chi connectivity index (χ3n) is 4.17. The van der Waals surface area contributed by atoms with Crippen LogP contribution in [-0.2, 0) is 5.41 Å². The first kappa shape index (κ1) is 16.0. The number of aliphatic hydroxyl groups is 1. The van der Waals surface area contributed by atoms with Gasteiger partial charge in [0.1, 0.15) is 17.5 Å². The maximum absolute atomic E-state index is 9.07. The molecule has 0 aromatic carbocycles. The summed E-state index contributed by atoms with van der Waals surface area (Å²) in [5.74, 6) is 2.36. The molecule has 1 aromatic rings. The number of anilines is 2. The van der Waals surface area contributed by atoms with Crippen LogP contribution in [-0.4, -0.2) is 34.3 Å². The predicted octanol–water partition coefficient (Wildman–Crippen LogP) is 2.41. The number of hydrogen-bond acceptors (Lipinski definition) is 5. The van der Waals surface area contributed by atoms with Gasteiger partial charge in [-0.05, 0) is 32.6 Å². The molecule has 3 N–H and O–H groups in total. The lowest BCUT2D eigenvalue weighted by Crippen LogP contribution is -2.32. The highest BCUT2D eigenvalue weighted by Crippen LogP contribution is 2.32. The highest BCUT2D eigenvalue weighted by Gasteiger charge is 2.29. The van der Waals surface area contributed by atoms with Crippen molar-refractivity contribution in [2.45, 2.75) is 64.8 Å². The fourth-order valence-electron chi connectivity index (χ4n) is 2.88. The molecule has 0 bridgehead atoms. The maximum atomic E-state index is 9.07. The minimum Gasteiger partial charge on any atom is -0.396 e. The van der Waals surface area contributed by atoms with Crippen molar-refractivity contribution >= 4 is 11.6 Å². The van der Waals surface area contributed by atoms with E-state index in [0.717, 1.165) is 43.0 Å². The first-order valence-electron chi connectivity index (χ1n) is 7.86. The summed E-state index contributed by atoms with van der Waals surface area (Å²) in [4.78, 5) is 11.6. The van der Waals surface area contributed by atoms with Gasteiger partial charge in [0.2, 0.25) is 0 Å². The monoisotopic (exact) mass is 292 g/mol. The van der Waals surface area contributed by atoms with Crippen molar-refractivity contribution in [3.05, 3.63) is 11.4 Å². The SMILES string of the molecule is Cc1c(N)nc(C(C)(C)C)nc1N1CCCC1CCCO. The topological polar surface area (TPSA) is 75.3 Å². The van der Waals surface area contributed by atoms with Gasteiger partial charge in [0, 0.05) is 30.2 Å². The molecule has 1 saturated heterocycles. The largest absolute Gasteiger partial charge is 0.396 e. The van der Waals surface area contributed by atoms with Crippen molar-refractivity contribution < 1.29 is 5.11 Å². The molecule has 1 fully saturated rings. The Morgan fingerprint density at radius 3 is 2.67 bits per heavy atom. The van der Waals surface area contributed by atoms with Crippen molar-refractivity contribution in [3.8, 4) is 0 Å². The molecule has 1 unspecified atom stereocenters. The molecule has 1 atom stereocenters. The van der Waals surface area contributed by atoms with E-state index in [0.29, 0.717) is 11.9 Å². The molecule has 0 radical (unpaired) electrons. The lowest BCUT2D eigenvalue weighted by molar-refractivity contribution is 0.279. The Labute approximate surface area is 127 Å². The lowest BCUT2D eigenvalue weighted by atomic mass is 9.95. The number of hydrogen-bond donors (Lipinski definition) is 2. The van der Waals surface area contributed by atoms with Crippen LogP contribution in [0.3, 0.4) is 0 Å². The summed E-state index contributed by atoms with van der Waals surface area (Å²) in [6.45, 7) is 9.58. The van der Waals surface area contributed by atoms with E-state index >= 15 is 0 Å². The number of aliphatic hydroxyl groups excluding tert-OH is 1. The van der Waals surface area contributed by atoms with Gasteiger partial charge in [-0.15, -0.1) is 0 Å². The van der Waals surface area contributed by atoms with E-state index in [1.54, 1.807) is 0 Å². The molecule has 1 aliphatic heterocycles. The molecule has 0 amide bonds. The van der Waals surface area contributed by atoms with Crippen molar-refractivity contribution in [2.24, 2.45) is 0 Å². The van der Waals surface area contributed by atoms with Gasteiger partial charge in [0.15, 0.2) is 0 Å². The van der Waals surface area contributed by atoms with Gasteiger partial charge in [-0.3, -0.25) is 0 Å². The third kappa shape index (κ3) is 3.46. The molecule has 2 rings (SSSR count). The standard InChI is InChI=1S/C16H28N4O/c1-11-13(17)18-15(16(2,3)4)19-14(11)20-9-5-7-12(20)8-6-10-21/h12,21H,5-10H2,1-4H3,(H2,17,18,19). The number of nitrogens with two attached hydrogens (primary N) is 1. The predicted molar refractivity (Wildman–Crippen MR) is 86.6 cm³/mol. The van der Waals surface area contributed by atoms with Crippen molar-refractivity contribution in [2.75, 3.05) is 23.8 Å². The first-order chi connectivity index (χ1) is 9.84. The second kappa shape index (κ2) is 6.18. The van der Waals surface area contributed by atoms with Crippen LogP contribution in [0.15, 0.2) is 0 Å². The van der Waals surface area contributed by atoms with Crippen LogP contribution >= 0.6 is 0 Å². The number of aromatic nitrogens is 2. The smallest absolute Gasteiger partial charge is 0.138 e. The van der Waals surface area contributed by atoms with Gasteiger partial charge < -0.3 is 15.7 Å². The van der Waals surface area contributed by atoms with Gasteiger partial charge >= 0.3 is 0 Å². The van der Waals surface area contributed by atoms with Gasteiger partial charge in [-0.1, -0.05) is 20.8 Å². The normalized spacial score (nSPS) is 19.3. The summed E-state index contributed by atoms with van der Waals surface area (Å²) in [5, 5.41) is 9.07. The third-order valence-corrected chi connectivity index (χ3v) is 4.17.